The first-order chi connectivity index (χ1) is 14.0. The Morgan fingerprint density at radius 3 is 2.37 bits per heavy atom. The molecule has 0 saturated carbocycles. The highest BCUT2D eigenvalue weighted by molar-refractivity contribution is 6.74. The SMILES string of the molecule is CC(=O)O[C@H]1C[C@@H](CO)N(C(=O)OCc2ccccc2)[C@@H]1CO[Si](C)(C)C(C)(C)C. The molecule has 7 nitrogen and oxygen atoms in total. The fraction of sp³-hybridized carbons (Fsp3) is 0.636. The molecule has 0 unspecified atom stereocenters. The van der Waals surface area contributed by atoms with Gasteiger partial charge in [0.15, 0.2) is 8.32 Å². The maximum Gasteiger partial charge on any atom is 0.410 e. The predicted octanol–water partition coefficient (Wildman–Crippen LogP) is 3.71. The molecule has 0 aliphatic carbocycles. The van der Waals surface area contributed by atoms with Gasteiger partial charge in [0.2, 0.25) is 0 Å². The van der Waals surface area contributed by atoms with Gasteiger partial charge in [-0.3, -0.25) is 9.69 Å². The minimum absolute atomic E-state index is 0.00242. The number of nitrogens with zero attached hydrogens (tertiary/aromatic N) is 1. The van der Waals surface area contributed by atoms with Crippen LogP contribution in [0.2, 0.25) is 18.1 Å². The molecule has 168 valence electrons. The lowest BCUT2D eigenvalue weighted by Gasteiger charge is -2.38. The molecule has 1 N–H and O–H groups in total. The van der Waals surface area contributed by atoms with Crippen LogP contribution in [0.15, 0.2) is 30.3 Å². The lowest BCUT2D eigenvalue weighted by atomic mass is 10.1. The smallest absolute Gasteiger partial charge is 0.410 e. The maximum absolute atomic E-state index is 13.0. The quantitative estimate of drug-likeness (QED) is 0.517. The predicted molar refractivity (Wildman–Crippen MR) is 116 cm³/mol. The van der Waals surface area contributed by atoms with Gasteiger partial charge in [0.1, 0.15) is 12.7 Å². The summed E-state index contributed by atoms with van der Waals surface area (Å²) in [7, 11) is -2.09. The van der Waals surface area contributed by atoms with E-state index in [1.807, 2.05) is 30.3 Å². The minimum atomic E-state index is -2.09. The number of hydrogen-bond donors (Lipinski definition) is 1. The van der Waals surface area contributed by atoms with Crippen molar-refractivity contribution in [3.63, 3.8) is 0 Å². The molecule has 8 heteroatoms. The van der Waals surface area contributed by atoms with Crippen molar-refractivity contribution in [1.82, 2.24) is 4.90 Å². The summed E-state index contributed by atoms with van der Waals surface area (Å²) in [4.78, 5) is 26.1. The number of esters is 1. The molecule has 3 atom stereocenters. The van der Waals surface area contributed by atoms with Gasteiger partial charge in [-0.1, -0.05) is 51.1 Å². The number of benzene rings is 1. The van der Waals surface area contributed by atoms with Crippen LogP contribution in [0.25, 0.3) is 0 Å². The summed E-state index contributed by atoms with van der Waals surface area (Å²) in [6.07, 6.45) is -0.743. The molecular weight excluding hydrogens is 402 g/mol. The molecule has 0 bridgehead atoms. The topological polar surface area (TPSA) is 85.3 Å². The standard InChI is InChI=1S/C22H35NO6Si/c1-16(25)29-20-12-18(13-24)23(19(20)15-28-30(5,6)22(2,3)4)21(26)27-14-17-10-8-7-9-11-17/h7-11,18-20,24H,12-15H2,1-6H3/t18-,19+,20-/m0/s1. The van der Waals surface area contributed by atoms with Gasteiger partial charge in [0, 0.05) is 13.3 Å². The average Bonchev–Trinajstić information content (AvgIpc) is 3.01. The van der Waals surface area contributed by atoms with Crippen LogP contribution < -0.4 is 0 Å². The molecule has 1 aliphatic rings. The summed E-state index contributed by atoms with van der Waals surface area (Å²) in [5.74, 6) is -0.423. The lowest BCUT2D eigenvalue weighted by molar-refractivity contribution is -0.147. The summed E-state index contributed by atoms with van der Waals surface area (Å²) < 4.78 is 17.3. The maximum atomic E-state index is 13.0. The number of carbonyl (C=O) groups excluding carboxylic acids is 2. The van der Waals surface area contributed by atoms with Gasteiger partial charge < -0.3 is 19.0 Å². The van der Waals surface area contributed by atoms with Crippen LogP contribution in [0.5, 0.6) is 0 Å². The minimum Gasteiger partial charge on any atom is -0.460 e. The van der Waals surface area contributed by atoms with E-state index in [-0.39, 0.29) is 24.9 Å². The van der Waals surface area contributed by atoms with Crippen molar-refractivity contribution in [2.75, 3.05) is 13.2 Å². The van der Waals surface area contributed by atoms with Gasteiger partial charge in [-0.05, 0) is 23.7 Å². The van der Waals surface area contributed by atoms with Crippen molar-refractivity contribution >= 4 is 20.4 Å². The van der Waals surface area contributed by atoms with E-state index in [0.717, 1.165) is 5.56 Å². The normalized spacial score (nSPS) is 22.1. The molecule has 1 heterocycles. The number of aliphatic hydroxyl groups excluding tert-OH is 1. The average molecular weight is 438 g/mol. The summed E-state index contributed by atoms with van der Waals surface area (Å²) in [5.41, 5.74) is 0.871. The van der Waals surface area contributed by atoms with Crippen molar-refractivity contribution in [2.24, 2.45) is 0 Å². The highest BCUT2D eigenvalue weighted by atomic mass is 28.4. The fourth-order valence-corrected chi connectivity index (χ4v) is 4.29. The van der Waals surface area contributed by atoms with Crippen LogP contribution in [-0.4, -0.2) is 61.8 Å². The molecule has 1 amide bonds. The van der Waals surface area contributed by atoms with E-state index in [4.69, 9.17) is 13.9 Å². The Kier molecular flexibility index (Phi) is 8.07. The Labute approximate surface area is 180 Å². The summed E-state index contributed by atoms with van der Waals surface area (Å²) in [6.45, 7) is 12.1. The second-order valence-corrected chi connectivity index (χ2v) is 14.1. The van der Waals surface area contributed by atoms with Crippen LogP contribution >= 0.6 is 0 Å². The molecule has 1 aliphatic heterocycles. The molecule has 1 aromatic rings. The third kappa shape index (κ3) is 6.06. The van der Waals surface area contributed by atoms with E-state index in [2.05, 4.69) is 33.9 Å². The summed E-state index contributed by atoms with van der Waals surface area (Å²) in [6, 6.07) is 8.39. The number of hydrogen-bond acceptors (Lipinski definition) is 6. The Morgan fingerprint density at radius 2 is 1.83 bits per heavy atom. The zero-order valence-corrected chi connectivity index (χ0v) is 19.9. The van der Waals surface area contributed by atoms with Crippen molar-refractivity contribution in [1.29, 1.82) is 0 Å². The van der Waals surface area contributed by atoms with E-state index < -0.39 is 38.6 Å². The van der Waals surface area contributed by atoms with E-state index in [0.29, 0.717) is 6.42 Å². The van der Waals surface area contributed by atoms with Crippen molar-refractivity contribution < 1.29 is 28.6 Å². The monoisotopic (exact) mass is 437 g/mol. The number of carbonyl (C=O) groups is 2. The first-order valence-corrected chi connectivity index (χ1v) is 13.3. The van der Waals surface area contributed by atoms with E-state index in [1.165, 1.54) is 11.8 Å². The van der Waals surface area contributed by atoms with E-state index >= 15 is 0 Å². The number of ether oxygens (including phenoxy) is 2. The first-order valence-electron chi connectivity index (χ1n) is 10.4. The summed E-state index contributed by atoms with van der Waals surface area (Å²) >= 11 is 0. The number of amides is 1. The second kappa shape index (κ2) is 9.94. The molecule has 0 aromatic heterocycles. The highest BCUT2D eigenvalue weighted by Gasteiger charge is 2.48. The molecule has 1 saturated heterocycles. The number of likely N-dealkylation sites (tertiary alicyclic amines) is 1. The Hall–Kier alpha value is -1.90. The van der Waals surface area contributed by atoms with Gasteiger partial charge in [-0.25, -0.2) is 4.79 Å². The van der Waals surface area contributed by atoms with Crippen molar-refractivity contribution in [3.8, 4) is 0 Å². The third-order valence-corrected chi connectivity index (χ3v) is 10.6. The van der Waals surface area contributed by atoms with Crippen LogP contribution in [0.3, 0.4) is 0 Å². The zero-order chi connectivity index (χ0) is 22.5. The van der Waals surface area contributed by atoms with Crippen LogP contribution in [-0.2, 0) is 25.3 Å². The van der Waals surface area contributed by atoms with Crippen molar-refractivity contribution in [2.45, 2.75) is 77.0 Å². The van der Waals surface area contributed by atoms with Crippen LogP contribution in [0.4, 0.5) is 4.79 Å². The molecule has 0 radical (unpaired) electrons. The largest absolute Gasteiger partial charge is 0.460 e. The van der Waals surface area contributed by atoms with Gasteiger partial charge >= 0.3 is 12.1 Å². The van der Waals surface area contributed by atoms with Crippen LogP contribution in [0.1, 0.15) is 39.7 Å². The van der Waals surface area contributed by atoms with Gasteiger partial charge in [-0.2, -0.15) is 0 Å². The molecule has 2 rings (SSSR count). The first kappa shape index (κ1) is 24.4. The van der Waals surface area contributed by atoms with E-state index in [9.17, 15) is 14.7 Å². The molecular formula is C22H35NO6Si. The van der Waals surface area contributed by atoms with E-state index in [1.54, 1.807) is 0 Å². The van der Waals surface area contributed by atoms with Crippen molar-refractivity contribution in [3.05, 3.63) is 35.9 Å². The van der Waals surface area contributed by atoms with Gasteiger partial charge in [-0.15, -0.1) is 0 Å². The second-order valence-electron chi connectivity index (χ2n) is 9.31. The molecule has 1 fully saturated rings. The van der Waals surface area contributed by atoms with Gasteiger partial charge in [0.05, 0.1) is 25.3 Å². The van der Waals surface area contributed by atoms with Gasteiger partial charge in [0.25, 0.3) is 0 Å². The lowest BCUT2D eigenvalue weighted by Crippen LogP contribution is -2.51. The molecule has 30 heavy (non-hydrogen) atoms. The third-order valence-electron chi connectivity index (χ3n) is 6.05. The molecule has 1 aromatic carbocycles. The Morgan fingerprint density at radius 1 is 1.20 bits per heavy atom. The molecule has 0 spiro atoms. The number of aliphatic hydroxyl groups is 1. The number of rotatable bonds is 7. The summed E-state index contributed by atoms with van der Waals surface area (Å²) in [5, 5.41) is 9.87. The van der Waals surface area contributed by atoms with Crippen LogP contribution in [0, 0.1) is 0 Å². The Bertz CT molecular complexity index is 718. The Balaban J connectivity index is 2.18. The zero-order valence-electron chi connectivity index (χ0n) is 18.9. The fourth-order valence-electron chi connectivity index (χ4n) is 3.27. The highest BCUT2D eigenvalue weighted by Crippen LogP contribution is 2.38.